The van der Waals surface area contributed by atoms with E-state index >= 15 is 0 Å². The molecule has 0 N–H and O–H groups in total. The summed E-state index contributed by atoms with van der Waals surface area (Å²) >= 11 is 0.822. The predicted octanol–water partition coefficient (Wildman–Crippen LogP) is 6.47. The number of benzene rings is 4. The van der Waals surface area contributed by atoms with Crippen LogP contribution in [0.3, 0.4) is 0 Å². The van der Waals surface area contributed by atoms with Crippen molar-refractivity contribution in [2.24, 2.45) is 0 Å². The Labute approximate surface area is 241 Å². The van der Waals surface area contributed by atoms with E-state index in [4.69, 9.17) is 0 Å². The Hall–Kier alpha value is -2.16. The Morgan fingerprint density at radius 2 is 0.737 bits per heavy atom. The fourth-order valence-corrected chi connectivity index (χ4v) is 12.5. The van der Waals surface area contributed by atoms with Crippen LogP contribution >= 0.6 is 0 Å². The first-order valence-electron chi connectivity index (χ1n) is 13.4. The van der Waals surface area contributed by atoms with E-state index in [-0.39, 0.29) is 0 Å². The molecule has 0 unspecified atom stereocenters. The summed E-state index contributed by atoms with van der Waals surface area (Å²) in [5, 5.41) is 0. The van der Waals surface area contributed by atoms with Crippen LogP contribution in [0.4, 0.5) is 0 Å². The zero-order valence-corrected chi connectivity index (χ0v) is 26.8. The molecule has 4 aromatic rings. The fourth-order valence-electron chi connectivity index (χ4n) is 4.94. The first-order chi connectivity index (χ1) is 18.4. The second-order valence-corrected chi connectivity index (χ2v) is 16.3. The summed E-state index contributed by atoms with van der Waals surface area (Å²) in [6.07, 6.45) is 0. The van der Waals surface area contributed by atoms with Crippen LogP contribution in [-0.4, -0.2) is 50.2 Å². The molecule has 0 saturated carbocycles. The van der Waals surface area contributed by atoms with Crippen LogP contribution in [-0.2, 0) is 0 Å². The van der Waals surface area contributed by atoms with Crippen LogP contribution in [0.15, 0.2) is 109 Å². The minimum atomic E-state index is 0.353. The average molecular weight is 635 g/mol. The van der Waals surface area contributed by atoms with Gasteiger partial charge < -0.3 is 0 Å². The van der Waals surface area contributed by atoms with Gasteiger partial charge in [0.15, 0.2) is 0 Å². The summed E-state index contributed by atoms with van der Waals surface area (Å²) in [6, 6.07) is 41.4. The van der Waals surface area contributed by atoms with Crippen molar-refractivity contribution >= 4 is 35.2 Å². The van der Waals surface area contributed by atoms with Gasteiger partial charge in [-0.25, -0.2) is 0 Å². The van der Waals surface area contributed by atoms with Crippen molar-refractivity contribution < 1.29 is 0 Å². The van der Waals surface area contributed by atoms with Gasteiger partial charge in [0.1, 0.15) is 0 Å². The number of hydrogen-bond donors (Lipinski definition) is 0. The summed E-state index contributed by atoms with van der Waals surface area (Å²) in [7, 11) is 4.52. The molecule has 0 radical (unpaired) electrons. The molecular formula is C34H40N2Se2. The molecule has 4 aromatic carbocycles. The first-order valence-corrected chi connectivity index (χ1v) is 19.5. The van der Waals surface area contributed by atoms with Crippen LogP contribution in [0.5, 0.6) is 0 Å². The van der Waals surface area contributed by atoms with Crippen molar-refractivity contribution in [2.75, 3.05) is 14.1 Å². The van der Waals surface area contributed by atoms with Crippen molar-refractivity contribution in [3.8, 4) is 0 Å². The third kappa shape index (κ3) is 6.88. The molecule has 198 valence electrons. The molecule has 0 aromatic heterocycles. The Morgan fingerprint density at radius 3 is 1.11 bits per heavy atom. The van der Waals surface area contributed by atoms with E-state index in [9.17, 15) is 0 Å². The molecule has 4 heteroatoms. The third-order valence-electron chi connectivity index (χ3n) is 7.97. The normalized spacial score (nSPS) is 14.8. The van der Waals surface area contributed by atoms with Gasteiger partial charge in [0.25, 0.3) is 0 Å². The van der Waals surface area contributed by atoms with Gasteiger partial charge in [-0.1, -0.05) is 0 Å². The molecule has 0 aliphatic carbocycles. The van der Waals surface area contributed by atoms with Crippen molar-refractivity contribution in [1.82, 2.24) is 9.80 Å². The van der Waals surface area contributed by atoms with Crippen molar-refractivity contribution in [3.05, 3.63) is 131 Å². The summed E-state index contributed by atoms with van der Waals surface area (Å²) < 4.78 is 3.07. The zero-order valence-electron chi connectivity index (χ0n) is 23.4. The summed E-state index contributed by atoms with van der Waals surface area (Å²) in [5.74, 6) is 0. The van der Waals surface area contributed by atoms with Gasteiger partial charge >= 0.3 is 242 Å². The zero-order chi connectivity index (χ0) is 27.1. The van der Waals surface area contributed by atoms with E-state index in [2.05, 4.69) is 161 Å². The molecule has 0 heterocycles. The molecular weight excluding hydrogens is 594 g/mol. The monoisotopic (exact) mass is 636 g/mol. The molecule has 4 atom stereocenters. The van der Waals surface area contributed by atoms with Gasteiger partial charge in [-0.2, -0.15) is 0 Å². The van der Waals surface area contributed by atoms with E-state index in [1.807, 2.05) is 0 Å². The van der Waals surface area contributed by atoms with E-state index in [0.717, 1.165) is 0 Å². The third-order valence-corrected chi connectivity index (χ3v) is 15.3. The average Bonchev–Trinajstić information content (AvgIpc) is 2.99. The molecule has 0 bridgehead atoms. The topological polar surface area (TPSA) is 6.48 Å². The minimum absolute atomic E-state index is 0.353. The van der Waals surface area contributed by atoms with Gasteiger partial charge in [0.2, 0.25) is 0 Å². The van der Waals surface area contributed by atoms with Crippen molar-refractivity contribution in [3.63, 3.8) is 0 Å². The molecule has 0 aliphatic heterocycles. The van der Waals surface area contributed by atoms with Crippen LogP contribution < -0.4 is 8.92 Å². The predicted molar refractivity (Wildman–Crippen MR) is 166 cm³/mol. The molecule has 2 nitrogen and oxygen atoms in total. The van der Waals surface area contributed by atoms with E-state index in [0.29, 0.717) is 50.4 Å². The number of nitrogens with zero attached hydrogens (tertiary/aromatic N) is 2. The van der Waals surface area contributed by atoms with Gasteiger partial charge in [-0.3, -0.25) is 0 Å². The van der Waals surface area contributed by atoms with Crippen LogP contribution in [0.1, 0.15) is 74.1 Å². The molecule has 0 aliphatic rings. The molecule has 0 amide bonds. The summed E-state index contributed by atoms with van der Waals surface area (Å²) in [6.45, 7) is 9.34. The van der Waals surface area contributed by atoms with Gasteiger partial charge in [0, 0.05) is 0 Å². The summed E-state index contributed by atoms with van der Waals surface area (Å²) in [5.41, 5.74) is 5.68. The van der Waals surface area contributed by atoms with Gasteiger partial charge in [0.05, 0.1) is 0 Å². The molecule has 0 saturated heterocycles. The van der Waals surface area contributed by atoms with Crippen LogP contribution in [0, 0.1) is 0 Å². The quantitative estimate of drug-likeness (QED) is 0.175. The Kier molecular flexibility index (Phi) is 10.4. The second kappa shape index (κ2) is 13.8. The second-order valence-electron chi connectivity index (χ2n) is 10.1. The van der Waals surface area contributed by atoms with Gasteiger partial charge in [-0.15, -0.1) is 0 Å². The van der Waals surface area contributed by atoms with Crippen LogP contribution in [0.25, 0.3) is 0 Å². The fraction of sp³-hybridized carbons (Fsp3) is 0.294. The molecule has 4 rings (SSSR count). The first kappa shape index (κ1) is 28.8. The maximum absolute atomic E-state index is 2.51. The van der Waals surface area contributed by atoms with E-state index < -0.39 is 0 Å². The van der Waals surface area contributed by atoms with E-state index in [1.165, 1.54) is 31.2 Å². The van der Waals surface area contributed by atoms with Crippen molar-refractivity contribution in [2.45, 2.75) is 51.9 Å². The number of rotatable bonds is 11. The molecule has 0 fully saturated rings. The summed E-state index contributed by atoms with van der Waals surface area (Å²) in [4.78, 5) is 5.01. The number of hydrogen-bond acceptors (Lipinski definition) is 2. The molecule has 38 heavy (non-hydrogen) atoms. The van der Waals surface area contributed by atoms with Crippen LogP contribution in [0.2, 0.25) is 0 Å². The van der Waals surface area contributed by atoms with E-state index in [1.54, 1.807) is 0 Å². The SMILES string of the molecule is C[C@H](c1ccccc1)N(C)[C@H](C)c1ccccc1[Se][Se]c1ccccc1[C@@H](C)N(C)[C@H](C)c1ccccc1. The van der Waals surface area contributed by atoms with Gasteiger partial charge in [-0.05, 0) is 0 Å². The Bertz CT molecular complexity index is 1180. The Morgan fingerprint density at radius 1 is 0.421 bits per heavy atom. The molecule has 0 spiro atoms. The maximum atomic E-state index is 2.51. The van der Waals surface area contributed by atoms with Crippen molar-refractivity contribution in [1.29, 1.82) is 0 Å². The Balaban J connectivity index is 1.50. The standard InChI is InChI=1S/C34H40N2Se2/c1-25(29-17-9-7-10-18-29)35(5)27(3)31-21-13-15-23-33(31)37-38-34-24-16-14-22-32(34)28(4)36(6)26(2)30-19-11-8-12-20-30/h7-28H,1-6H3/t25-,26-,27-,28-/m1/s1.